The molecule has 1 saturated carbocycles. The second kappa shape index (κ2) is 3.92. The van der Waals surface area contributed by atoms with Crippen LogP contribution in [0.15, 0.2) is 6.20 Å². The Morgan fingerprint density at radius 2 is 2.46 bits per heavy atom. The van der Waals surface area contributed by atoms with Crippen molar-refractivity contribution in [2.24, 2.45) is 0 Å². The van der Waals surface area contributed by atoms with Gasteiger partial charge in [-0.3, -0.25) is 5.10 Å². The molecule has 0 unspecified atom stereocenters. The molecule has 1 aromatic rings. The molecule has 0 spiro atoms. The van der Waals surface area contributed by atoms with Crippen molar-refractivity contribution < 1.29 is 0 Å². The smallest absolute Gasteiger partial charge is 0.0535 e. The van der Waals surface area contributed by atoms with E-state index in [2.05, 4.69) is 22.4 Å². The second-order valence-corrected chi connectivity index (χ2v) is 3.78. The van der Waals surface area contributed by atoms with Crippen LogP contribution in [0.5, 0.6) is 0 Å². The molecule has 0 radical (unpaired) electrons. The fourth-order valence-electron chi connectivity index (χ4n) is 1.50. The minimum absolute atomic E-state index is 0.782. The molecule has 0 aromatic carbocycles. The van der Waals surface area contributed by atoms with E-state index in [0.717, 1.165) is 19.0 Å². The average Bonchev–Trinajstić information content (AvgIpc) is 2.86. The molecule has 1 fully saturated rings. The van der Waals surface area contributed by atoms with Crippen LogP contribution in [-0.2, 0) is 13.0 Å². The number of aryl methyl sites for hydroxylation is 1. The Hall–Kier alpha value is -0.830. The maximum absolute atomic E-state index is 4.07. The van der Waals surface area contributed by atoms with Crippen molar-refractivity contribution in [1.29, 1.82) is 0 Å². The normalized spacial score (nSPS) is 16.4. The Balaban J connectivity index is 1.88. The van der Waals surface area contributed by atoms with Gasteiger partial charge in [-0.1, -0.05) is 13.3 Å². The van der Waals surface area contributed by atoms with Crippen LogP contribution in [0.25, 0.3) is 0 Å². The first kappa shape index (κ1) is 8.75. The standard InChI is InChI=1S/C10H17N3/c1-2-3-10-8(7-12-13-10)6-11-9-4-5-9/h7,9,11H,2-6H2,1H3,(H,12,13). The van der Waals surface area contributed by atoms with Gasteiger partial charge in [0.25, 0.3) is 0 Å². The highest BCUT2D eigenvalue weighted by molar-refractivity contribution is 5.16. The summed E-state index contributed by atoms with van der Waals surface area (Å²) in [5.74, 6) is 0. The molecule has 0 amide bonds. The molecule has 1 aliphatic carbocycles. The van der Waals surface area contributed by atoms with Gasteiger partial charge < -0.3 is 5.32 Å². The molecule has 2 rings (SSSR count). The third-order valence-corrected chi connectivity index (χ3v) is 2.47. The van der Waals surface area contributed by atoms with E-state index in [-0.39, 0.29) is 0 Å². The van der Waals surface area contributed by atoms with Gasteiger partial charge in [-0.15, -0.1) is 0 Å². The van der Waals surface area contributed by atoms with Crippen LogP contribution in [0.1, 0.15) is 37.4 Å². The summed E-state index contributed by atoms with van der Waals surface area (Å²) in [6, 6.07) is 0.782. The minimum atomic E-state index is 0.782. The zero-order valence-electron chi connectivity index (χ0n) is 8.14. The van der Waals surface area contributed by atoms with Crippen LogP contribution < -0.4 is 5.32 Å². The highest BCUT2D eigenvalue weighted by Gasteiger charge is 2.20. The number of nitrogens with zero attached hydrogens (tertiary/aromatic N) is 1. The van der Waals surface area contributed by atoms with Crippen LogP contribution in [-0.4, -0.2) is 16.2 Å². The van der Waals surface area contributed by atoms with E-state index in [4.69, 9.17) is 0 Å². The van der Waals surface area contributed by atoms with E-state index in [1.165, 1.54) is 30.5 Å². The summed E-state index contributed by atoms with van der Waals surface area (Å²) in [4.78, 5) is 0. The molecule has 13 heavy (non-hydrogen) atoms. The van der Waals surface area contributed by atoms with Crippen molar-refractivity contribution in [3.8, 4) is 0 Å². The zero-order chi connectivity index (χ0) is 9.10. The summed E-state index contributed by atoms with van der Waals surface area (Å²) < 4.78 is 0. The second-order valence-electron chi connectivity index (χ2n) is 3.78. The van der Waals surface area contributed by atoms with Crippen molar-refractivity contribution in [3.05, 3.63) is 17.5 Å². The van der Waals surface area contributed by atoms with Gasteiger partial charge in [0.2, 0.25) is 0 Å². The van der Waals surface area contributed by atoms with E-state index in [1.807, 2.05) is 6.20 Å². The van der Waals surface area contributed by atoms with E-state index in [1.54, 1.807) is 0 Å². The summed E-state index contributed by atoms with van der Waals surface area (Å²) >= 11 is 0. The number of aromatic amines is 1. The van der Waals surface area contributed by atoms with Crippen molar-refractivity contribution in [1.82, 2.24) is 15.5 Å². The van der Waals surface area contributed by atoms with Gasteiger partial charge in [0.05, 0.1) is 6.20 Å². The maximum Gasteiger partial charge on any atom is 0.0535 e. The molecule has 3 heteroatoms. The molecule has 1 aromatic heterocycles. The average molecular weight is 179 g/mol. The first-order valence-electron chi connectivity index (χ1n) is 5.14. The monoisotopic (exact) mass is 179 g/mol. The third-order valence-electron chi connectivity index (χ3n) is 2.47. The molecule has 1 aliphatic rings. The highest BCUT2D eigenvalue weighted by Crippen LogP contribution is 2.19. The lowest BCUT2D eigenvalue weighted by Crippen LogP contribution is -2.15. The number of hydrogen-bond acceptors (Lipinski definition) is 2. The fraction of sp³-hybridized carbons (Fsp3) is 0.700. The predicted octanol–water partition coefficient (Wildman–Crippen LogP) is 1.61. The lowest BCUT2D eigenvalue weighted by atomic mass is 10.1. The van der Waals surface area contributed by atoms with Gasteiger partial charge in [0.1, 0.15) is 0 Å². The van der Waals surface area contributed by atoms with Crippen molar-refractivity contribution in [3.63, 3.8) is 0 Å². The molecule has 3 nitrogen and oxygen atoms in total. The van der Waals surface area contributed by atoms with Crippen LogP contribution in [0.4, 0.5) is 0 Å². The van der Waals surface area contributed by atoms with Crippen LogP contribution in [0.2, 0.25) is 0 Å². The molecule has 0 saturated heterocycles. The van der Waals surface area contributed by atoms with E-state index in [0.29, 0.717) is 0 Å². The summed E-state index contributed by atoms with van der Waals surface area (Å²) in [6.07, 6.45) is 6.93. The van der Waals surface area contributed by atoms with Crippen LogP contribution in [0.3, 0.4) is 0 Å². The largest absolute Gasteiger partial charge is 0.310 e. The number of hydrogen-bond donors (Lipinski definition) is 2. The number of nitrogens with one attached hydrogen (secondary N) is 2. The van der Waals surface area contributed by atoms with E-state index < -0.39 is 0 Å². The van der Waals surface area contributed by atoms with Gasteiger partial charge >= 0.3 is 0 Å². The van der Waals surface area contributed by atoms with Crippen LogP contribution in [0, 0.1) is 0 Å². The van der Waals surface area contributed by atoms with Gasteiger partial charge in [0.15, 0.2) is 0 Å². The Bertz CT molecular complexity index is 263. The number of rotatable bonds is 5. The Morgan fingerprint density at radius 3 is 3.15 bits per heavy atom. The van der Waals surface area contributed by atoms with Crippen molar-refractivity contribution in [2.45, 2.75) is 45.2 Å². The first-order chi connectivity index (χ1) is 6.40. The molecule has 0 aliphatic heterocycles. The summed E-state index contributed by atoms with van der Waals surface area (Å²) in [5, 5.41) is 10.6. The Morgan fingerprint density at radius 1 is 1.62 bits per heavy atom. The maximum atomic E-state index is 4.07. The summed E-state index contributed by atoms with van der Waals surface area (Å²) in [5.41, 5.74) is 2.64. The first-order valence-corrected chi connectivity index (χ1v) is 5.14. The van der Waals surface area contributed by atoms with Crippen LogP contribution >= 0.6 is 0 Å². The van der Waals surface area contributed by atoms with E-state index in [9.17, 15) is 0 Å². The van der Waals surface area contributed by atoms with Crippen molar-refractivity contribution >= 4 is 0 Å². The zero-order valence-corrected chi connectivity index (χ0v) is 8.14. The third kappa shape index (κ3) is 2.31. The highest BCUT2D eigenvalue weighted by atomic mass is 15.1. The quantitative estimate of drug-likeness (QED) is 0.721. The minimum Gasteiger partial charge on any atom is -0.310 e. The SMILES string of the molecule is CCCc1[nH]ncc1CNC1CC1. The lowest BCUT2D eigenvalue weighted by molar-refractivity contribution is 0.680. The molecule has 1 heterocycles. The Kier molecular flexibility index (Phi) is 2.64. The topological polar surface area (TPSA) is 40.7 Å². The van der Waals surface area contributed by atoms with E-state index >= 15 is 0 Å². The predicted molar refractivity (Wildman–Crippen MR) is 52.4 cm³/mol. The fourth-order valence-corrected chi connectivity index (χ4v) is 1.50. The molecule has 0 atom stereocenters. The van der Waals surface area contributed by atoms with Gasteiger partial charge in [0, 0.05) is 23.8 Å². The van der Waals surface area contributed by atoms with Gasteiger partial charge in [-0.05, 0) is 19.3 Å². The number of H-pyrrole nitrogens is 1. The molecule has 0 bridgehead atoms. The number of aromatic nitrogens is 2. The molecule has 72 valence electrons. The van der Waals surface area contributed by atoms with Gasteiger partial charge in [-0.25, -0.2) is 0 Å². The summed E-state index contributed by atoms with van der Waals surface area (Å²) in [7, 11) is 0. The lowest BCUT2D eigenvalue weighted by Gasteiger charge is -2.02. The van der Waals surface area contributed by atoms with Gasteiger partial charge in [-0.2, -0.15) is 5.10 Å². The van der Waals surface area contributed by atoms with Crippen molar-refractivity contribution in [2.75, 3.05) is 0 Å². The molecular formula is C10H17N3. The summed E-state index contributed by atoms with van der Waals surface area (Å²) in [6.45, 7) is 3.18. The molecular weight excluding hydrogens is 162 g/mol. The Labute approximate surface area is 78.9 Å². The molecule has 2 N–H and O–H groups in total.